The van der Waals surface area contributed by atoms with Gasteiger partial charge in [-0.3, -0.25) is 28.9 Å². The lowest BCUT2D eigenvalue weighted by Gasteiger charge is -2.30. The summed E-state index contributed by atoms with van der Waals surface area (Å²) in [5.41, 5.74) is 2.80. The molecule has 2 N–H and O–H groups in total. The van der Waals surface area contributed by atoms with Gasteiger partial charge in [-0.05, 0) is 63.3 Å². The number of amides is 5. The van der Waals surface area contributed by atoms with Crippen LogP contribution in [0, 0.1) is 0 Å². The number of hydrogen-bond acceptors (Lipinski definition) is 6. The number of nitrogens with zero attached hydrogens (tertiary/aromatic N) is 2. The standard InChI is InChI=1S/C36H44N4O6/c1-35(2,38-31(42)19-23-39-32(43)15-16-33(39)44)21-24-46-36(3,4)20-17-30(41)37-22-18-34(45)40-25-28-11-6-5-9-26(28)13-14-27-10-7-8-12-29(27)40/h5-16H,17-25H2,1-4H3,(H,37,41)(H,38,42)/b14-13-. The molecule has 2 aliphatic heterocycles. The van der Waals surface area contributed by atoms with E-state index in [1.54, 1.807) is 4.90 Å². The SMILES string of the molecule is CC(C)(CCOC(C)(C)CCC(=O)NCCC(=O)N1Cc2ccccc2/C=C\c2ccccc21)NC(=O)CCN1C(=O)C=CC1=O. The lowest BCUT2D eigenvalue weighted by atomic mass is 9.99. The summed E-state index contributed by atoms with van der Waals surface area (Å²) in [6, 6.07) is 15.8. The van der Waals surface area contributed by atoms with E-state index in [0.29, 0.717) is 26.0 Å². The fourth-order valence-electron chi connectivity index (χ4n) is 5.34. The Kier molecular flexibility index (Phi) is 11.3. The number of anilines is 1. The van der Waals surface area contributed by atoms with Crippen LogP contribution in [0.2, 0.25) is 0 Å². The van der Waals surface area contributed by atoms with Crippen LogP contribution < -0.4 is 15.5 Å². The van der Waals surface area contributed by atoms with E-state index in [4.69, 9.17) is 4.74 Å². The van der Waals surface area contributed by atoms with Gasteiger partial charge < -0.3 is 20.3 Å². The zero-order chi connectivity index (χ0) is 33.3. The van der Waals surface area contributed by atoms with E-state index in [0.717, 1.165) is 27.3 Å². The number of ether oxygens (including phenoxy) is 1. The number of hydrogen-bond donors (Lipinski definition) is 2. The summed E-state index contributed by atoms with van der Waals surface area (Å²) in [7, 11) is 0. The Labute approximate surface area is 270 Å². The van der Waals surface area contributed by atoms with Crippen molar-refractivity contribution in [3.8, 4) is 0 Å². The summed E-state index contributed by atoms with van der Waals surface area (Å²) in [5.74, 6) is -1.29. The Morgan fingerprint density at radius 1 is 0.783 bits per heavy atom. The van der Waals surface area contributed by atoms with Gasteiger partial charge in [0, 0.05) is 56.6 Å². The Hall–Kier alpha value is -4.57. The van der Waals surface area contributed by atoms with Crippen molar-refractivity contribution in [2.24, 2.45) is 0 Å². The zero-order valence-electron chi connectivity index (χ0n) is 27.1. The van der Waals surface area contributed by atoms with Crippen LogP contribution in [0.1, 0.15) is 76.5 Å². The lowest BCUT2D eigenvalue weighted by Crippen LogP contribution is -2.46. The van der Waals surface area contributed by atoms with Crippen LogP contribution in [0.5, 0.6) is 0 Å². The average molecular weight is 629 g/mol. The Balaban J connectivity index is 1.17. The number of imide groups is 1. The topological polar surface area (TPSA) is 125 Å². The number of carbonyl (C=O) groups excluding carboxylic acids is 5. The van der Waals surface area contributed by atoms with E-state index >= 15 is 0 Å². The molecule has 2 aromatic rings. The summed E-state index contributed by atoms with van der Waals surface area (Å²) in [5, 5.41) is 5.82. The van der Waals surface area contributed by atoms with Crippen molar-refractivity contribution in [3.05, 3.63) is 77.4 Å². The van der Waals surface area contributed by atoms with Gasteiger partial charge in [0.05, 0.1) is 17.8 Å². The average Bonchev–Trinajstić information content (AvgIpc) is 3.32. The Bertz CT molecular complexity index is 1510. The molecule has 0 bridgehead atoms. The highest BCUT2D eigenvalue weighted by atomic mass is 16.5. The number of para-hydroxylation sites is 1. The van der Waals surface area contributed by atoms with E-state index in [9.17, 15) is 24.0 Å². The van der Waals surface area contributed by atoms with Crippen molar-refractivity contribution in [2.45, 2.75) is 77.5 Å². The van der Waals surface area contributed by atoms with Gasteiger partial charge in [-0.25, -0.2) is 0 Å². The predicted octanol–water partition coefficient (Wildman–Crippen LogP) is 4.39. The molecule has 0 saturated heterocycles. The minimum Gasteiger partial charge on any atom is -0.375 e. The van der Waals surface area contributed by atoms with E-state index in [2.05, 4.69) is 16.7 Å². The molecule has 2 aliphatic rings. The summed E-state index contributed by atoms with van der Waals surface area (Å²) >= 11 is 0. The molecule has 0 fully saturated rings. The molecule has 0 aliphatic carbocycles. The molecular weight excluding hydrogens is 584 g/mol. The normalized spacial score (nSPS) is 15.1. The Morgan fingerprint density at radius 3 is 2.17 bits per heavy atom. The third kappa shape index (κ3) is 9.71. The number of rotatable bonds is 14. The monoisotopic (exact) mass is 628 g/mol. The number of nitrogens with one attached hydrogen (secondary N) is 2. The maximum absolute atomic E-state index is 13.4. The second kappa shape index (κ2) is 15.1. The second-order valence-electron chi connectivity index (χ2n) is 12.9. The van der Waals surface area contributed by atoms with Gasteiger partial charge in [0.2, 0.25) is 17.7 Å². The quantitative estimate of drug-likeness (QED) is 0.299. The second-order valence-corrected chi connectivity index (χ2v) is 12.9. The van der Waals surface area contributed by atoms with E-state index < -0.39 is 23.0 Å². The first-order valence-corrected chi connectivity index (χ1v) is 15.7. The molecule has 2 aromatic carbocycles. The summed E-state index contributed by atoms with van der Waals surface area (Å²) in [4.78, 5) is 64.7. The van der Waals surface area contributed by atoms with Gasteiger partial charge in [-0.1, -0.05) is 54.6 Å². The van der Waals surface area contributed by atoms with Gasteiger partial charge in [0.25, 0.3) is 11.8 Å². The third-order valence-electron chi connectivity index (χ3n) is 8.13. The van der Waals surface area contributed by atoms with Crippen LogP contribution >= 0.6 is 0 Å². The fourth-order valence-corrected chi connectivity index (χ4v) is 5.34. The smallest absolute Gasteiger partial charge is 0.253 e. The molecule has 0 atom stereocenters. The highest BCUT2D eigenvalue weighted by Gasteiger charge is 2.27. The first-order chi connectivity index (χ1) is 21.8. The first-order valence-electron chi connectivity index (χ1n) is 15.7. The zero-order valence-corrected chi connectivity index (χ0v) is 27.1. The van der Waals surface area contributed by atoms with Gasteiger partial charge in [-0.15, -0.1) is 0 Å². The molecule has 5 amide bonds. The fraction of sp³-hybridized carbons (Fsp3) is 0.417. The number of fused-ring (bicyclic) bond motifs is 2. The Morgan fingerprint density at radius 2 is 1.43 bits per heavy atom. The maximum atomic E-state index is 13.4. The van der Waals surface area contributed by atoms with Gasteiger partial charge >= 0.3 is 0 Å². The molecular formula is C36H44N4O6. The molecule has 244 valence electrons. The van der Waals surface area contributed by atoms with E-state index in [-0.39, 0.29) is 50.1 Å². The molecule has 2 heterocycles. The van der Waals surface area contributed by atoms with E-state index in [1.165, 1.54) is 12.2 Å². The van der Waals surface area contributed by atoms with Crippen molar-refractivity contribution >= 4 is 47.4 Å². The highest BCUT2D eigenvalue weighted by molar-refractivity contribution is 6.13. The van der Waals surface area contributed by atoms with Gasteiger partial charge in [-0.2, -0.15) is 0 Å². The first kappa shape index (κ1) is 34.3. The molecule has 0 radical (unpaired) electrons. The minimum absolute atomic E-state index is 0.0201. The lowest BCUT2D eigenvalue weighted by molar-refractivity contribution is -0.137. The van der Waals surface area contributed by atoms with Gasteiger partial charge in [0.1, 0.15) is 0 Å². The summed E-state index contributed by atoms with van der Waals surface area (Å²) in [6.07, 6.45) is 7.94. The van der Waals surface area contributed by atoms with Crippen LogP contribution in [0.3, 0.4) is 0 Å². The number of benzene rings is 2. The molecule has 46 heavy (non-hydrogen) atoms. The molecule has 0 aromatic heterocycles. The largest absolute Gasteiger partial charge is 0.375 e. The summed E-state index contributed by atoms with van der Waals surface area (Å²) in [6.45, 7) is 8.67. The van der Waals surface area contributed by atoms with Crippen molar-refractivity contribution in [3.63, 3.8) is 0 Å². The number of carbonyl (C=O) groups is 5. The molecule has 0 saturated carbocycles. The van der Waals surface area contributed by atoms with Crippen LogP contribution in [-0.2, 0) is 35.3 Å². The van der Waals surface area contributed by atoms with Crippen LogP contribution in [0.25, 0.3) is 12.2 Å². The summed E-state index contributed by atoms with van der Waals surface area (Å²) < 4.78 is 6.07. The van der Waals surface area contributed by atoms with Crippen LogP contribution in [-0.4, -0.2) is 65.3 Å². The van der Waals surface area contributed by atoms with Crippen molar-refractivity contribution in [1.29, 1.82) is 0 Å². The third-order valence-corrected chi connectivity index (χ3v) is 8.13. The molecule has 4 rings (SSSR count). The van der Waals surface area contributed by atoms with Crippen molar-refractivity contribution in [1.82, 2.24) is 15.5 Å². The maximum Gasteiger partial charge on any atom is 0.253 e. The molecule has 0 spiro atoms. The molecule has 10 nitrogen and oxygen atoms in total. The van der Waals surface area contributed by atoms with E-state index in [1.807, 2.05) is 82.3 Å². The van der Waals surface area contributed by atoms with Crippen molar-refractivity contribution < 1.29 is 28.7 Å². The highest BCUT2D eigenvalue weighted by Crippen LogP contribution is 2.29. The van der Waals surface area contributed by atoms with Gasteiger partial charge in [0.15, 0.2) is 0 Å². The minimum atomic E-state index is -0.577. The van der Waals surface area contributed by atoms with Crippen molar-refractivity contribution in [2.75, 3.05) is 24.6 Å². The van der Waals surface area contributed by atoms with Crippen LogP contribution in [0.4, 0.5) is 5.69 Å². The molecule has 0 unspecified atom stereocenters. The predicted molar refractivity (Wildman–Crippen MR) is 177 cm³/mol. The van der Waals surface area contributed by atoms with Crippen LogP contribution in [0.15, 0.2) is 60.7 Å². The molecule has 10 heteroatoms.